The average molecular weight is 574 g/mol. The molecule has 0 atom stereocenters. The van der Waals surface area contributed by atoms with E-state index in [2.05, 4.69) is 20.3 Å². The number of piperidine rings is 2. The summed E-state index contributed by atoms with van der Waals surface area (Å²) >= 11 is 0. The SMILES string of the molecule is COc1cc(/C=N/Nc2nc(N3CCCCC3)nc(N3CCCCC3)n2)ccc1OC(=O)C12CC3CC(CC(C3)C1)C2. The molecule has 10 heteroatoms. The molecule has 0 unspecified atom stereocenters. The first kappa shape index (κ1) is 27.4. The predicted octanol–water partition coefficient (Wildman–Crippen LogP) is 5.43. The first-order chi connectivity index (χ1) is 20.6. The second kappa shape index (κ2) is 11.7. The van der Waals surface area contributed by atoms with Gasteiger partial charge in [-0.05, 0) is 119 Å². The largest absolute Gasteiger partial charge is 0.493 e. The Balaban J connectivity index is 1.05. The first-order valence-electron chi connectivity index (χ1n) is 16.0. The van der Waals surface area contributed by atoms with Crippen LogP contribution in [0.2, 0.25) is 0 Å². The number of benzene rings is 1. The molecular formula is C32H43N7O3. The fraction of sp³-hybridized carbons (Fsp3) is 0.656. The number of rotatable bonds is 8. The third-order valence-corrected chi connectivity index (χ3v) is 10.1. The van der Waals surface area contributed by atoms with Crippen LogP contribution in [0, 0.1) is 23.2 Å². The van der Waals surface area contributed by atoms with Crippen molar-refractivity contribution < 1.29 is 14.3 Å². The molecule has 4 bridgehead atoms. The molecule has 0 spiro atoms. The number of hydrazone groups is 1. The third-order valence-electron chi connectivity index (χ3n) is 10.1. The molecule has 0 amide bonds. The maximum Gasteiger partial charge on any atom is 0.317 e. The normalized spacial score (nSPS) is 28.7. The lowest BCUT2D eigenvalue weighted by molar-refractivity contribution is -0.161. The quantitative estimate of drug-likeness (QED) is 0.192. The molecule has 4 aliphatic carbocycles. The van der Waals surface area contributed by atoms with E-state index in [4.69, 9.17) is 24.4 Å². The van der Waals surface area contributed by atoms with Crippen molar-refractivity contribution in [3.63, 3.8) is 0 Å². The molecule has 0 radical (unpaired) electrons. The molecule has 8 rings (SSSR count). The number of hydrogen-bond donors (Lipinski definition) is 1. The summed E-state index contributed by atoms with van der Waals surface area (Å²) in [6.45, 7) is 3.86. The molecule has 42 heavy (non-hydrogen) atoms. The van der Waals surface area contributed by atoms with Gasteiger partial charge in [-0.1, -0.05) is 0 Å². The fourth-order valence-electron chi connectivity index (χ4n) is 8.46. The van der Waals surface area contributed by atoms with Gasteiger partial charge in [0.15, 0.2) is 11.5 Å². The number of anilines is 3. The highest BCUT2D eigenvalue weighted by Gasteiger charge is 2.55. The smallest absolute Gasteiger partial charge is 0.317 e. The van der Waals surface area contributed by atoms with Crippen LogP contribution in [0.4, 0.5) is 17.8 Å². The summed E-state index contributed by atoms with van der Waals surface area (Å²) < 4.78 is 11.7. The van der Waals surface area contributed by atoms with Gasteiger partial charge in [-0.15, -0.1) is 0 Å². The minimum absolute atomic E-state index is 0.0770. The van der Waals surface area contributed by atoms with Crippen molar-refractivity contribution in [2.24, 2.45) is 28.3 Å². The Morgan fingerprint density at radius 2 is 1.43 bits per heavy atom. The summed E-state index contributed by atoms with van der Waals surface area (Å²) in [5.41, 5.74) is 3.54. The third kappa shape index (κ3) is 5.64. The molecule has 4 saturated carbocycles. The summed E-state index contributed by atoms with van der Waals surface area (Å²) in [4.78, 5) is 32.3. The number of carbonyl (C=O) groups excluding carboxylic acids is 1. The van der Waals surface area contributed by atoms with E-state index < -0.39 is 0 Å². The Morgan fingerprint density at radius 3 is 1.98 bits per heavy atom. The molecule has 6 aliphatic rings. The van der Waals surface area contributed by atoms with Crippen molar-refractivity contribution >= 4 is 30.0 Å². The zero-order valence-electron chi connectivity index (χ0n) is 24.8. The Morgan fingerprint density at radius 1 is 0.857 bits per heavy atom. The van der Waals surface area contributed by atoms with Crippen LogP contribution >= 0.6 is 0 Å². The molecule has 2 saturated heterocycles. The lowest BCUT2D eigenvalue weighted by atomic mass is 9.49. The molecule has 3 heterocycles. The number of aromatic nitrogens is 3. The number of nitrogens with zero attached hydrogens (tertiary/aromatic N) is 6. The van der Waals surface area contributed by atoms with Gasteiger partial charge in [-0.2, -0.15) is 20.1 Å². The van der Waals surface area contributed by atoms with Gasteiger partial charge in [0.2, 0.25) is 17.8 Å². The van der Waals surface area contributed by atoms with Crippen molar-refractivity contribution in [1.82, 2.24) is 15.0 Å². The maximum atomic E-state index is 13.5. The highest BCUT2D eigenvalue weighted by molar-refractivity contribution is 5.83. The summed E-state index contributed by atoms with van der Waals surface area (Å²) in [6, 6.07) is 5.55. The van der Waals surface area contributed by atoms with E-state index in [-0.39, 0.29) is 11.4 Å². The first-order valence-corrected chi connectivity index (χ1v) is 16.0. The van der Waals surface area contributed by atoms with Crippen LogP contribution in [0.5, 0.6) is 11.5 Å². The Labute approximate surface area is 248 Å². The summed E-state index contributed by atoms with van der Waals surface area (Å²) in [6.07, 6.45) is 15.6. The van der Waals surface area contributed by atoms with Crippen molar-refractivity contribution in [3.05, 3.63) is 23.8 Å². The van der Waals surface area contributed by atoms with Gasteiger partial charge in [0.25, 0.3) is 0 Å². The summed E-state index contributed by atoms with van der Waals surface area (Å²) in [5.74, 6) is 4.86. The van der Waals surface area contributed by atoms with Crippen molar-refractivity contribution in [2.75, 3.05) is 48.5 Å². The van der Waals surface area contributed by atoms with E-state index in [1.54, 1.807) is 13.3 Å². The van der Waals surface area contributed by atoms with Gasteiger partial charge in [0.1, 0.15) is 0 Å². The highest BCUT2D eigenvalue weighted by Crippen LogP contribution is 2.60. The number of hydrogen-bond acceptors (Lipinski definition) is 10. The van der Waals surface area contributed by atoms with E-state index in [0.29, 0.717) is 35.2 Å². The van der Waals surface area contributed by atoms with Gasteiger partial charge >= 0.3 is 5.97 Å². The highest BCUT2D eigenvalue weighted by atomic mass is 16.6. The second-order valence-electron chi connectivity index (χ2n) is 13.2. The Bertz CT molecular complexity index is 1250. The summed E-state index contributed by atoms with van der Waals surface area (Å²) in [5, 5.41) is 4.45. The lowest BCUT2D eigenvalue weighted by Crippen LogP contribution is -2.51. The number of nitrogens with one attached hydrogen (secondary N) is 1. The molecule has 1 N–H and O–H groups in total. The van der Waals surface area contributed by atoms with Crippen LogP contribution in [0.15, 0.2) is 23.3 Å². The number of methoxy groups -OCH3 is 1. The van der Waals surface area contributed by atoms with Crippen LogP contribution in [0.3, 0.4) is 0 Å². The van der Waals surface area contributed by atoms with Gasteiger partial charge in [-0.3, -0.25) is 4.79 Å². The average Bonchev–Trinajstić information content (AvgIpc) is 3.02. The molecule has 224 valence electrons. The molecule has 1 aromatic carbocycles. The Kier molecular flexibility index (Phi) is 7.63. The maximum absolute atomic E-state index is 13.5. The van der Waals surface area contributed by atoms with Crippen molar-refractivity contribution in [1.29, 1.82) is 0 Å². The van der Waals surface area contributed by atoms with Gasteiger partial charge in [0.05, 0.1) is 18.7 Å². The Hall–Kier alpha value is -3.43. The predicted molar refractivity (Wildman–Crippen MR) is 162 cm³/mol. The molecule has 2 aliphatic heterocycles. The van der Waals surface area contributed by atoms with Crippen LogP contribution in [0.25, 0.3) is 0 Å². The lowest BCUT2D eigenvalue weighted by Gasteiger charge is -2.55. The standard InChI is InChI=1S/C32H43N7O3/c1-41-27-17-22(8-9-26(27)42-28(40)32-18-23-14-24(19-32)16-25(15-23)20-32)21-33-37-29-34-30(38-10-4-2-5-11-38)36-31(35-29)39-12-6-3-7-13-39/h8-9,17,21,23-25H,2-7,10-16,18-20H2,1H3,(H,34,35,36,37)/b33-21+. The van der Waals surface area contributed by atoms with Crippen LogP contribution < -0.4 is 24.7 Å². The molecule has 2 aromatic rings. The molecule has 1 aromatic heterocycles. The van der Waals surface area contributed by atoms with E-state index in [1.807, 2.05) is 18.2 Å². The van der Waals surface area contributed by atoms with Gasteiger partial charge in [-0.25, -0.2) is 5.43 Å². The number of carbonyl (C=O) groups is 1. The zero-order valence-corrected chi connectivity index (χ0v) is 24.8. The van der Waals surface area contributed by atoms with Crippen molar-refractivity contribution in [2.45, 2.75) is 77.0 Å². The van der Waals surface area contributed by atoms with E-state index >= 15 is 0 Å². The van der Waals surface area contributed by atoms with E-state index in [9.17, 15) is 4.79 Å². The second-order valence-corrected chi connectivity index (χ2v) is 13.2. The number of esters is 1. The van der Waals surface area contributed by atoms with Crippen LogP contribution in [0.1, 0.15) is 82.6 Å². The molecule has 10 nitrogen and oxygen atoms in total. The van der Waals surface area contributed by atoms with Crippen LogP contribution in [-0.4, -0.2) is 60.4 Å². The zero-order chi connectivity index (χ0) is 28.5. The minimum atomic E-state index is -0.311. The molecule has 6 fully saturated rings. The fourth-order valence-corrected chi connectivity index (χ4v) is 8.46. The van der Waals surface area contributed by atoms with E-state index in [1.165, 1.54) is 32.1 Å². The van der Waals surface area contributed by atoms with Gasteiger partial charge in [0, 0.05) is 26.2 Å². The van der Waals surface area contributed by atoms with Gasteiger partial charge < -0.3 is 19.3 Å². The number of ether oxygens (including phenoxy) is 2. The minimum Gasteiger partial charge on any atom is -0.493 e. The topological polar surface area (TPSA) is 105 Å². The molecular weight excluding hydrogens is 530 g/mol. The van der Waals surface area contributed by atoms with Crippen molar-refractivity contribution in [3.8, 4) is 11.5 Å². The summed E-state index contributed by atoms with van der Waals surface area (Å²) in [7, 11) is 1.60. The monoisotopic (exact) mass is 573 g/mol. The van der Waals surface area contributed by atoms with E-state index in [0.717, 1.165) is 88.6 Å². The van der Waals surface area contributed by atoms with Crippen LogP contribution in [-0.2, 0) is 4.79 Å².